The molecular formula is C26H25ClN2O4. The Morgan fingerprint density at radius 3 is 2.36 bits per heavy atom. The summed E-state index contributed by atoms with van der Waals surface area (Å²) in [5.41, 5.74) is 2.63. The van der Waals surface area contributed by atoms with E-state index in [9.17, 15) is 14.9 Å². The number of nitrogens with zero attached hydrogens (tertiary/aromatic N) is 2. The van der Waals surface area contributed by atoms with Gasteiger partial charge < -0.3 is 9.64 Å². The number of carbonyl (C=O) groups excluding carboxylic acids is 1. The third-order valence-electron chi connectivity index (χ3n) is 5.98. The molecule has 0 radical (unpaired) electrons. The number of nitro benzene ring substituents is 1. The predicted octanol–water partition coefficient (Wildman–Crippen LogP) is 5.92. The normalized spacial score (nSPS) is 14.2. The topological polar surface area (TPSA) is 72.7 Å². The summed E-state index contributed by atoms with van der Waals surface area (Å²) in [6.45, 7) is 1.69. The van der Waals surface area contributed by atoms with E-state index in [2.05, 4.69) is 24.3 Å². The molecule has 1 heterocycles. The second-order valence-corrected chi connectivity index (χ2v) is 8.72. The lowest BCUT2D eigenvalue weighted by Crippen LogP contribution is -2.38. The second kappa shape index (κ2) is 10.5. The van der Waals surface area contributed by atoms with E-state index in [-0.39, 0.29) is 29.0 Å². The van der Waals surface area contributed by atoms with E-state index in [0.29, 0.717) is 11.5 Å². The van der Waals surface area contributed by atoms with Crippen LogP contribution in [0, 0.1) is 16.0 Å². The van der Waals surface area contributed by atoms with Crippen molar-refractivity contribution in [1.82, 2.24) is 4.90 Å². The number of carbonyl (C=O) groups is 1. The van der Waals surface area contributed by atoms with Gasteiger partial charge in [-0.05, 0) is 60.6 Å². The largest absolute Gasteiger partial charge is 0.482 e. The number of ether oxygens (including phenoxy) is 1. The third kappa shape index (κ3) is 5.90. The Balaban J connectivity index is 1.30. The van der Waals surface area contributed by atoms with Gasteiger partial charge in [0, 0.05) is 29.7 Å². The quantitative estimate of drug-likeness (QED) is 0.321. The molecule has 6 nitrogen and oxygen atoms in total. The SMILES string of the molecule is O=C(c1ccc(COc2ccc(Cl)cc2[N+](=O)[O-])cc1)N1CCC(Cc2ccccc2)CC1. The maximum atomic E-state index is 12.9. The van der Waals surface area contributed by atoms with Gasteiger partial charge in [-0.15, -0.1) is 0 Å². The minimum atomic E-state index is -0.522. The number of benzene rings is 3. The van der Waals surface area contributed by atoms with Crippen LogP contribution in [0.3, 0.4) is 0 Å². The molecule has 3 aromatic carbocycles. The number of amides is 1. The van der Waals surface area contributed by atoms with Gasteiger partial charge in [0.1, 0.15) is 6.61 Å². The summed E-state index contributed by atoms with van der Waals surface area (Å²) >= 11 is 5.84. The molecule has 1 aliphatic rings. The van der Waals surface area contributed by atoms with E-state index < -0.39 is 4.92 Å². The summed E-state index contributed by atoms with van der Waals surface area (Å²) in [6, 6.07) is 22.0. The van der Waals surface area contributed by atoms with E-state index >= 15 is 0 Å². The Kier molecular flexibility index (Phi) is 7.25. The van der Waals surface area contributed by atoms with Crippen molar-refractivity contribution in [1.29, 1.82) is 0 Å². The second-order valence-electron chi connectivity index (χ2n) is 8.28. The van der Waals surface area contributed by atoms with Crippen molar-refractivity contribution < 1.29 is 14.5 Å². The zero-order valence-electron chi connectivity index (χ0n) is 18.2. The lowest BCUT2D eigenvalue weighted by Gasteiger charge is -2.32. The number of halogens is 1. The van der Waals surface area contributed by atoms with Crippen molar-refractivity contribution in [3.05, 3.63) is 105 Å². The Hall–Kier alpha value is -3.38. The first-order chi connectivity index (χ1) is 16.0. The number of piperidine rings is 1. The van der Waals surface area contributed by atoms with Gasteiger partial charge in [0.15, 0.2) is 5.75 Å². The van der Waals surface area contributed by atoms with Gasteiger partial charge in [0.2, 0.25) is 0 Å². The highest BCUT2D eigenvalue weighted by molar-refractivity contribution is 6.30. The monoisotopic (exact) mass is 464 g/mol. The standard InChI is InChI=1S/C26H25ClN2O4/c27-23-10-11-25(24(17-23)29(31)32)33-18-21-6-8-22(9-7-21)26(30)28-14-12-20(13-15-28)16-19-4-2-1-3-5-19/h1-11,17,20H,12-16,18H2. The summed E-state index contributed by atoms with van der Waals surface area (Å²) in [7, 11) is 0. The van der Waals surface area contributed by atoms with Gasteiger partial charge in [0.05, 0.1) is 4.92 Å². The molecule has 0 spiro atoms. The molecule has 1 aliphatic heterocycles. The van der Waals surface area contributed by atoms with Crippen molar-refractivity contribution >= 4 is 23.2 Å². The molecule has 3 aromatic rings. The fourth-order valence-corrected chi connectivity index (χ4v) is 4.30. The first-order valence-corrected chi connectivity index (χ1v) is 11.4. The van der Waals surface area contributed by atoms with Crippen LogP contribution in [0.1, 0.15) is 34.3 Å². The molecule has 0 N–H and O–H groups in total. The number of rotatable bonds is 7. The smallest absolute Gasteiger partial charge is 0.312 e. The average Bonchev–Trinajstić information content (AvgIpc) is 2.84. The predicted molar refractivity (Wildman–Crippen MR) is 128 cm³/mol. The lowest BCUT2D eigenvalue weighted by molar-refractivity contribution is -0.385. The fourth-order valence-electron chi connectivity index (χ4n) is 4.13. The Labute approximate surface area is 197 Å². The van der Waals surface area contributed by atoms with Gasteiger partial charge in [-0.2, -0.15) is 0 Å². The van der Waals surface area contributed by atoms with Gasteiger partial charge in [-0.25, -0.2) is 0 Å². The molecule has 1 amide bonds. The van der Waals surface area contributed by atoms with Crippen LogP contribution in [-0.2, 0) is 13.0 Å². The van der Waals surface area contributed by atoms with Crippen molar-refractivity contribution in [2.45, 2.75) is 25.9 Å². The Morgan fingerprint density at radius 1 is 1.00 bits per heavy atom. The lowest BCUT2D eigenvalue weighted by atomic mass is 9.90. The minimum Gasteiger partial charge on any atom is -0.482 e. The van der Waals surface area contributed by atoms with E-state index in [1.54, 1.807) is 18.2 Å². The molecule has 0 aromatic heterocycles. The first kappa shape index (κ1) is 22.8. The van der Waals surface area contributed by atoms with Crippen LogP contribution in [0.15, 0.2) is 72.8 Å². The average molecular weight is 465 g/mol. The van der Waals surface area contributed by atoms with Crippen LogP contribution < -0.4 is 4.74 Å². The van der Waals surface area contributed by atoms with Crippen LogP contribution in [0.5, 0.6) is 5.75 Å². The molecular weight excluding hydrogens is 440 g/mol. The molecule has 1 fully saturated rings. The zero-order valence-corrected chi connectivity index (χ0v) is 18.9. The number of hydrogen-bond donors (Lipinski definition) is 0. The van der Waals surface area contributed by atoms with Crippen molar-refractivity contribution in [3.8, 4) is 5.75 Å². The molecule has 0 saturated carbocycles. The molecule has 0 atom stereocenters. The Morgan fingerprint density at radius 2 is 1.70 bits per heavy atom. The first-order valence-electron chi connectivity index (χ1n) is 11.0. The van der Waals surface area contributed by atoms with Crippen LogP contribution in [0.4, 0.5) is 5.69 Å². The van der Waals surface area contributed by atoms with Crippen LogP contribution in [0.25, 0.3) is 0 Å². The van der Waals surface area contributed by atoms with Crippen LogP contribution in [0.2, 0.25) is 5.02 Å². The maximum absolute atomic E-state index is 12.9. The molecule has 170 valence electrons. The third-order valence-corrected chi connectivity index (χ3v) is 6.22. The van der Waals surface area contributed by atoms with E-state index in [1.165, 1.54) is 17.7 Å². The zero-order chi connectivity index (χ0) is 23.2. The highest BCUT2D eigenvalue weighted by Crippen LogP contribution is 2.30. The molecule has 0 unspecified atom stereocenters. The van der Waals surface area contributed by atoms with Gasteiger partial charge in [-0.3, -0.25) is 14.9 Å². The summed E-state index contributed by atoms with van der Waals surface area (Å²) in [4.78, 5) is 25.5. The van der Waals surface area contributed by atoms with E-state index in [1.807, 2.05) is 23.1 Å². The molecule has 0 aliphatic carbocycles. The summed E-state index contributed by atoms with van der Waals surface area (Å²) in [5.74, 6) is 0.796. The molecule has 1 saturated heterocycles. The van der Waals surface area contributed by atoms with Gasteiger partial charge in [0.25, 0.3) is 5.91 Å². The fraction of sp³-hybridized carbons (Fsp3) is 0.269. The highest BCUT2D eigenvalue weighted by Gasteiger charge is 2.24. The van der Waals surface area contributed by atoms with E-state index in [4.69, 9.17) is 16.3 Å². The van der Waals surface area contributed by atoms with E-state index in [0.717, 1.165) is 37.9 Å². The minimum absolute atomic E-state index is 0.0361. The van der Waals surface area contributed by atoms with Crippen LogP contribution >= 0.6 is 11.6 Å². The molecule has 0 bridgehead atoms. The Bertz CT molecular complexity index is 1110. The van der Waals surface area contributed by atoms with Crippen molar-refractivity contribution in [2.24, 2.45) is 5.92 Å². The summed E-state index contributed by atoms with van der Waals surface area (Å²) < 4.78 is 5.62. The van der Waals surface area contributed by atoms with Crippen LogP contribution in [-0.4, -0.2) is 28.8 Å². The molecule has 4 rings (SSSR count). The van der Waals surface area contributed by atoms with Gasteiger partial charge >= 0.3 is 5.69 Å². The number of likely N-dealkylation sites (tertiary alicyclic amines) is 1. The molecule has 7 heteroatoms. The van der Waals surface area contributed by atoms with Gasteiger partial charge in [-0.1, -0.05) is 54.1 Å². The number of hydrogen-bond acceptors (Lipinski definition) is 4. The summed E-state index contributed by atoms with van der Waals surface area (Å²) in [6.07, 6.45) is 3.07. The molecule has 33 heavy (non-hydrogen) atoms. The van der Waals surface area contributed by atoms with Crippen molar-refractivity contribution in [3.63, 3.8) is 0 Å². The highest BCUT2D eigenvalue weighted by atomic mass is 35.5. The maximum Gasteiger partial charge on any atom is 0.312 e. The number of nitro groups is 1. The summed E-state index contributed by atoms with van der Waals surface area (Å²) in [5, 5.41) is 11.5. The van der Waals surface area contributed by atoms with Crippen molar-refractivity contribution in [2.75, 3.05) is 13.1 Å².